The first-order valence-corrected chi connectivity index (χ1v) is 7.95. The first-order chi connectivity index (χ1) is 10.4. The lowest BCUT2D eigenvalue weighted by Crippen LogP contribution is -2.33. The standard InChI is InChI=1S/C17H22N4/c1-4-14(13-21-10-3-8-18-21)12-15(5-1)19-16-7-11-20-9-2-6-17(16)20/h1,3-5,8,10,12,16-17,19H,2,6-7,9,11,13H2. The average molecular weight is 282 g/mol. The van der Waals surface area contributed by atoms with Gasteiger partial charge in [0.1, 0.15) is 0 Å². The molecule has 0 radical (unpaired) electrons. The number of rotatable bonds is 4. The van der Waals surface area contributed by atoms with Crippen LogP contribution in [0.5, 0.6) is 0 Å². The predicted octanol–water partition coefficient (Wildman–Crippen LogP) is 2.58. The highest BCUT2D eigenvalue weighted by Gasteiger charge is 2.36. The van der Waals surface area contributed by atoms with Gasteiger partial charge in [-0.3, -0.25) is 9.58 Å². The molecule has 2 aromatic rings. The number of hydrogen-bond acceptors (Lipinski definition) is 3. The molecule has 1 aromatic heterocycles. The van der Waals surface area contributed by atoms with Gasteiger partial charge < -0.3 is 5.32 Å². The van der Waals surface area contributed by atoms with Crippen molar-refractivity contribution in [3.8, 4) is 0 Å². The molecular formula is C17H22N4. The Balaban J connectivity index is 1.45. The van der Waals surface area contributed by atoms with Crippen LogP contribution >= 0.6 is 0 Å². The maximum Gasteiger partial charge on any atom is 0.0660 e. The molecule has 0 bridgehead atoms. The van der Waals surface area contributed by atoms with Crippen molar-refractivity contribution in [3.05, 3.63) is 48.3 Å². The third-order valence-corrected chi connectivity index (χ3v) is 4.79. The number of anilines is 1. The minimum absolute atomic E-state index is 0.618. The smallest absolute Gasteiger partial charge is 0.0660 e. The van der Waals surface area contributed by atoms with Crippen molar-refractivity contribution in [2.75, 3.05) is 18.4 Å². The Hall–Kier alpha value is -1.81. The van der Waals surface area contributed by atoms with Crippen LogP contribution in [0.3, 0.4) is 0 Å². The molecule has 0 aliphatic carbocycles. The molecule has 2 saturated heterocycles. The Labute approximate surface area is 125 Å². The molecule has 2 aliphatic rings. The summed E-state index contributed by atoms with van der Waals surface area (Å²) in [7, 11) is 0. The molecule has 2 aliphatic heterocycles. The number of nitrogens with zero attached hydrogens (tertiary/aromatic N) is 3. The van der Waals surface area contributed by atoms with Crippen molar-refractivity contribution in [2.45, 2.75) is 37.9 Å². The predicted molar refractivity (Wildman–Crippen MR) is 84.4 cm³/mol. The van der Waals surface area contributed by atoms with Gasteiger partial charge in [-0.25, -0.2) is 0 Å². The summed E-state index contributed by atoms with van der Waals surface area (Å²) < 4.78 is 1.97. The van der Waals surface area contributed by atoms with Gasteiger partial charge in [0, 0.05) is 36.7 Å². The van der Waals surface area contributed by atoms with E-state index in [0.29, 0.717) is 6.04 Å². The minimum atomic E-state index is 0.618. The Morgan fingerprint density at radius 1 is 1.19 bits per heavy atom. The molecule has 1 aromatic carbocycles. The lowest BCUT2D eigenvalue weighted by atomic mass is 10.1. The fourth-order valence-corrected chi connectivity index (χ4v) is 3.81. The second-order valence-electron chi connectivity index (χ2n) is 6.19. The van der Waals surface area contributed by atoms with E-state index in [0.717, 1.165) is 12.6 Å². The molecule has 4 heteroatoms. The summed E-state index contributed by atoms with van der Waals surface area (Å²) in [5, 5.41) is 8.04. The number of hydrogen-bond donors (Lipinski definition) is 1. The number of nitrogens with one attached hydrogen (secondary N) is 1. The van der Waals surface area contributed by atoms with Gasteiger partial charge in [-0.1, -0.05) is 12.1 Å². The summed E-state index contributed by atoms with van der Waals surface area (Å²) in [4.78, 5) is 2.64. The number of aromatic nitrogens is 2. The van der Waals surface area contributed by atoms with Crippen LogP contribution in [0.15, 0.2) is 42.7 Å². The number of benzene rings is 1. The van der Waals surface area contributed by atoms with Crippen molar-refractivity contribution in [2.24, 2.45) is 0 Å². The number of fused-ring (bicyclic) bond motifs is 1. The van der Waals surface area contributed by atoms with E-state index in [4.69, 9.17) is 0 Å². The first kappa shape index (κ1) is 12.9. The van der Waals surface area contributed by atoms with Crippen molar-refractivity contribution >= 4 is 5.69 Å². The monoisotopic (exact) mass is 282 g/mol. The maximum atomic E-state index is 4.28. The molecule has 2 unspecified atom stereocenters. The van der Waals surface area contributed by atoms with Crippen LogP contribution in [-0.4, -0.2) is 39.9 Å². The molecule has 110 valence electrons. The molecule has 1 N–H and O–H groups in total. The molecule has 2 fully saturated rings. The van der Waals surface area contributed by atoms with Gasteiger partial charge in [0.05, 0.1) is 6.54 Å². The summed E-state index contributed by atoms with van der Waals surface area (Å²) in [6.07, 6.45) is 7.82. The second-order valence-corrected chi connectivity index (χ2v) is 6.19. The Bertz CT molecular complexity index is 593. The van der Waals surface area contributed by atoms with E-state index in [1.807, 2.05) is 23.1 Å². The third-order valence-electron chi connectivity index (χ3n) is 4.79. The highest BCUT2D eigenvalue weighted by molar-refractivity contribution is 5.47. The van der Waals surface area contributed by atoms with Gasteiger partial charge in [-0.15, -0.1) is 0 Å². The molecule has 21 heavy (non-hydrogen) atoms. The maximum absolute atomic E-state index is 4.28. The summed E-state index contributed by atoms with van der Waals surface area (Å²) >= 11 is 0. The Kier molecular flexibility index (Phi) is 3.39. The first-order valence-electron chi connectivity index (χ1n) is 7.95. The molecular weight excluding hydrogens is 260 g/mol. The van der Waals surface area contributed by atoms with Crippen molar-refractivity contribution < 1.29 is 0 Å². The lowest BCUT2D eigenvalue weighted by Gasteiger charge is -2.22. The van der Waals surface area contributed by atoms with Crippen molar-refractivity contribution in [1.29, 1.82) is 0 Å². The van der Waals surface area contributed by atoms with Gasteiger partial charge in [0.25, 0.3) is 0 Å². The second kappa shape index (κ2) is 5.53. The minimum Gasteiger partial charge on any atom is -0.381 e. The van der Waals surface area contributed by atoms with Crippen LogP contribution in [-0.2, 0) is 6.54 Å². The third kappa shape index (κ3) is 2.68. The molecule has 0 saturated carbocycles. The van der Waals surface area contributed by atoms with E-state index < -0.39 is 0 Å². The highest BCUT2D eigenvalue weighted by Crippen LogP contribution is 2.30. The van der Waals surface area contributed by atoms with E-state index in [-0.39, 0.29) is 0 Å². The molecule has 3 heterocycles. The average Bonchev–Trinajstić information content (AvgIpc) is 3.19. The van der Waals surface area contributed by atoms with Gasteiger partial charge in [-0.05, 0) is 49.6 Å². The van der Waals surface area contributed by atoms with Crippen LogP contribution in [0.2, 0.25) is 0 Å². The topological polar surface area (TPSA) is 33.1 Å². The quantitative estimate of drug-likeness (QED) is 0.935. The zero-order valence-electron chi connectivity index (χ0n) is 12.3. The summed E-state index contributed by atoms with van der Waals surface area (Å²) in [5.74, 6) is 0. The molecule has 4 nitrogen and oxygen atoms in total. The van der Waals surface area contributed by atoms with E-state index in [1.165, 1.54) is 43.6 Å². The van der Waals surface area contributed by atoms with Gasteiger partial charge >= 0.3 is 0 Å². The molecule has 2 atom stereocenters. The normalized spacial score (nSPS) is 25.1. The fourth-order valence-electron chi connectivity index (χ4n) is 3.81. The van der Waals surface area contributed by atoms with Crippen molar-refractivity contribution in [1.82, 2.24) is 14.7 Å². The molecule has 4 rings (SSSR count). The molecule has 0 amide bonds. The van der Waals surface area contributed by atoms with E-state index in [2.05, 4.69) is 39.6 Å². The van der Waals surface area contributed by atoms with Crippen LogP contribution < -0.4 is 5.32 Å². The zero-order valence-corrected chi connectivity index (χ0v) is 12.3. The summed E-state index contributed by atoms with van der Waals surface area (Å²) in [6.45, 7) is 3.39. The largest absolute Gasteiger partial charge is 0.381 e. The summed E-state index contributed by atoms with van der Waals surface area (Å²) in [6, 6.07) is 12.1. The lowest BCUT2D eigenvalue weighted by molar-refractivity contribution is 0.318. The van der Waals surface area contributed by atoms with Crippen LogP contribution in [0.1, 0.15) is 24.8 Å². The Morgan fingerprint density at radius 2 is 2.19 bits per heavy atom. The van der Waals surface area contributed by atoms with E-state index >= 15 is 0 Å². The highest BCUT2D eigenvalue weighted by atomic mass is 15.3. The van der Waals surface area contributed by atoms with Gasteiger partial charge in [0.2, 0.25) is 0 Å². The zero-order chi connectivity index (χ0) is 14.1. The summed E-state index contributed by atoms with van der Waals surface area (Å²) in [5.41, 5.74) is 2.54. The van der Waals surface area contributed by atoms with Crippen LogP contribution in [0, 0.1) is 0 Å². The van der Waals surface area contributed by atoms with Crippen LogP contribution in [0.4, 0.5) is 5.69 Å². The van der Waals surface area contributed by atoms with E-state index in [9.17, 15) is 0 Å². The van der Waals surface area contributed by atoms with Gasteiger partial charge in [0.15, 0.2) is 0 Å². The van der Waals surface area contributed by atoms with E-state index in [1.54, 1.807) is 0 Å². The van der Waals surface area contributed by atoms with Gasteiger partial charge in [-0.2, -0.15) is 5.10 Å². The van der Waals surface area contributed by atoms with Crippen molar-refractivity contribution in [3.63, 3.8) is 0 Å². The SMILES string of the molecule is c1cc(Cn2cccn2)cc(NC2CCN3CCCC23)c1. The van der Waals surface area contributed by atoms with Crippen LogP contribution in [0.25, 0.3) is 0 Å². The fraction of sp³-hybridized carbons (Fsp3) is 0.471. The Morgan fingerprint density at radius 3 is 3.10 bits per heavy atom. The molecule has 0 spiro atoms.